The highest BCUT2D eigenvalue weighted by molar-refractivity contribution is 6.01. The molecule has 0 unspecified atom stereocenters. The van der Waals surface area contributed by atoms with E-state index < -0.39 is 0 Å². The summed E-state index contributed by atoms with van der Waals surface area (Å²) in [5.74, 6) is 0.641. The first kappa shape index (κ1) is 19.5. The van der Waals surface area contributed by atoms with Gasteiger partial charge in [0.25, 0.3) is 0 Å². The molecule has 6 nitrogen and oxygen atoms in total. The highest BCUT2D eigenvalue weighted by atomic mass is 35.5. The molecule has 2 fully saturated rings. The molecule has 0 bridgehead atoms. The van der Waals surface area contributed by atoms with Crippen LogP contribution in [0.2, 0.25) is 0 Å². The third kappa shape index (κ3) is 4.07. The molecular formula is C18H26ClN3O3. The van der Waals surface area contributed by atoms with Gasteiger partial charge in [0.15, 0.2) is 0 Å². The lowest BCUT2D eigenvalue weighted by Gasteiger charge is -2.31. The average Bonchev–Trinajstić information content (AvgIpc) is 2.91. The normalized spacial score (nSPS) is 23.4. The second-order valence-electron chi connectivity index (χ2n) is 6.32. The molecular weight excluding hydrogens is 342 g/mol. The van der Waals surface area contributed by atoms with Gasteiger partial charge in [0.05, 0.1) is 12.5 Å². The van der Waals surface area contributed by atoms with Crippen molar-refractivity contribution in [3.63, 3.8) is 0 Å². The molecule has 0 aliphatic carbocycles. The molecule has 1 N–H and O–H groups in total. The SMILES string of the molecule is CCOc1ccc(N2C(=O)C[C@H](C(=O)N3CCNCC3)[C@H]2C)cc1.Cl. The van der Waals surface area contributed by atoms with Crippen molar-refractivity contribution in [2.45, 2.75) is 26.3 Å². The van der Waals surface area contributed by atoms with E-state index in [9.17, 15) is 9.59 Å². The van der Waals surface area contributed by atoms with Crippen molar-refractivity contribution in [1.29, 1.82) is 0 Å². The van der Waals surface area contributed by atoms with Crippen LogP contribution in [0.5, 0.6) is 5.75 Å². The molecule has 2 aliphatic heterocycles. The smallest absolute Gasteiger partial charge is 0.228 e. The molecule has 2 heterocycles. The lowest BCUT2D eigenvalue weighted by Crippen LogP contribution is -2.50. The van der Waals surface area contributed by atoms with Gasteiger partial charge in [0, 0.05) is 44.3 Å². The van der Waals surface area contributed by atoms with Gasteiger partial charge in [-0.25, -0.2) is 0 Å². The Balaban J connectivity index is 0.00000225. The average molecular weight is 368 g/mol. The van der Waals surface area contributed by atoms with E-state index in [0.717, 1.165) is 37.6 Å². The number of benzene rings is 1. The molecule has 0 aromatic heterocycles. The van der Waals surface area contributed by atoms with Crippen molar-refractivity contribution in [1.82, 2.24) is 10.2 Å². The van der Waals surface area contributed by atoms with Crippen LogP contribution in [-0.4, -0.2) is 55.5 Å². The number of halogens is 1. The minimum Gasteiger partial charge on any atom is -0.494 e. The predicted molar refractivity (Wildman–Crippen MR) is 99.4 cm³/mol. The molecule has 0 spiro atoms. The van der Waals surface area contributed by atoms with E-state index >= 15 is 0 Å². The summed E-state index contributed by atoms with van der Waals surface area (Å²) in [6.45, 7) is 7.60. The number of anilines is 1. The standard InChI is InChI=1S/C18H25N3O3.ClH/c1-3-24-15-6-4-14(5-7-15)21-13(2)16(12-17(21)22)18(23)20-10-8-19-9-11-20;/h4-7,13,16,19H,3,8-12H2,1-2H3;1H/t13-,16+;/m1./s1. The van der Waals surface area contributed by atoms with Crippen LogP contribution in [-0.2, 0) is 9.59 Å². The van der Waals surface area contributed by atoms with E-state index in [1.54, 1.807) is 4.90 Å². The summed E-state index contributed by atoms with van der Waals surface area (Å²) in [4.78, 5) is 28.9. The molecule has 2 aliphatic rings. The number of hydrogen-bond donors (Lipinski definition) is 1. The maximum absolute atomic E-state index is 12.8. The summed E-state index contributed by atoms with van der Waals surface area (Å²) in [5, 5.41) is 3.25. The monoisotopic (exact) mass is 367 g/mol. The van der Waals surface area contributed by atoms with Gasteiger partial charge in [-0.1, -0.05) is 0 Å². The van der Waals surface area contributed by atoms with Crippen LogP contribution in [0, 0.1) is 5.92 Å². The number of ether oxygens (including phenoxy) is 1. The van der Waals surface area contributed by atoms with Crippen molar-refractivity contribution in [3.8, 4) is 5.75 Å². The number of nitrogens with zero attached hydrogens (tertiary/aromatic N) is 2. The Bertz CT molecular complexity index is 602. The van der Waals surface area contributed by atoms with E-state index in [1.165, 1.54) is 0 Å². The molecule has 1 aromatic carbocycles. The van der Waals surface area contributed by atoms with Crippen LogP contribution in [0.3, 0.4) is 0 Å². The van der Waals surface area contributed by atoms with E-state index in [0.29, 0.717) is 6.61 Å². The van der Waals surface area contributed by atoms with Gasteiger partial charge in [0.2, 0.25) is 11.8 Å². The van der Waals surface area contributed by atoms with Crippen molar-refractivity contribution in [2.75, 3.05) is 37.7 Å². The molecule has 0 radical (unpaired) electrons. The molecule has 0 saturated carbocycles. The number of nitrogens with one attached hydrogen (secondary N) is 1. The highest BCUT2D eigenvalue weighted by Crippen LogP contribution is 2.33. The zero-order chi connectivity index (χ0) is 17.1. The van der Waals surface area contributed by atoms with Crippen molar-refractivity contribution in [2.24, 2.45) is 5.92 Å². The lowest BCUT2D eigenvalue weighted by atomic mass is 9.99. The van der Waals surface area contributed by atoms with Gasteiger partial charge in [-0.05, 0) is 38.1 Å². The summed E-state index contributed by atoms with van der Waals surface area (Å²) in [7, 11) is 0. The zero-order valence-corrected chi connectivity index (χ0v) is 15.6. The van der Waals surface area contributed by atoms with Crippen LogP contribution in [0.15, 0.2) is 24.3 Å². The number of rotatable bonds is 4. The molecule has 2 saturated heterocycles. The summed E-state index contributed by atoms with van der Waals surface area (Å²) in [6.07, 6.45) is 0.289. The Hall–Kier alpha value is -1.79. The van der Waals surface area contributed by atoms with Crippen LogP contribution >= 0.6 is 12.4 Å². The first-order chi connectivity index (χ1) is 11.6. The van der Waals surface area contributed by atoms with Gasteiger partial charge in [0.1, 0.15) is 5.75 Å². The maximum atomic E-state index is 12.8. The van der Waals surface area contributed by atoms with Crippen LogP contribution in [0.1, 0.15) is 20.3 Å². The van der Waals surface area contributed by atoms with Crippen molar-refractivity contribution in [3.05, 3.63) is 24.3 Å². The third-order valence-corrected chi connectivity index (χ3v) is 4.82. The second-order valence-corrected chi connectivity index (χ2v) is 6.32. The van der Waals surface area contributed by atoms with Crippen LogP contribution < -0.4 is 15.0 Å². The van der Waals surface area contributed by atoms with Gasteiger partial charge in [-0.3, -0.25) is 9.59 Å². The van der Waals surface area contributed by atoms with E-state index in [2.05, 4.69) is 5.32 Å². The molecule has 1 aromatic rings. The Kier molecular flexibility index (Phi) is 6.67. The molecule has 3 rings (SSSR count). The minimum absolute atomic E-state index is 0. The Labute approximate surface area is 154 Å². The maximum Gasteiger partial charge on any atom is 0.228 e. The fraction of sp³-hybridized carbons (Fsp3) is 0.556. The number of hydrogen-bond acceptors (Lipinski definition) is 4. The van der Waals surface area contributed by atoms with Crippen LogP contribution in [0.4, 0.5) is 5.69 Å². The van der Waals surface area contributed by atoms with E-state index in [-0.39, 0.29) is 42.6 Å². The summed E-state index contributed by atoms with van der Waals surface area (Å²) < 4.78 is 5.45. The van der Waals surface area contributed by atoms with Gasteiger partial charge < -0.3 is 19.9 Å². The fourth-order valence-corrected chi connectivity index (χ4v) is 3.53. The molecule has 7 heteroatoms. The summed E-state index contributed by atoms with van der Waals surface area (Å²) in [6, 6.07) is 7.38. The second kappa shape index (κ2) is 8.54. The van der Waals surface area contributed by atoms with Gasteiger partial charge in [-0.2, -0.15) is 0 Å². The van der Waals surface area contributed by atoms with E-state index in [4.69, 9.17) is 4.74 Å². The lowest BCUT2D eigenvalue weighted by molar-refractivity contribution is -0.136. The third-order valence-electron chi connectivity index (χ3n) is 4.82. The number of carbonyl (C=O) groups is 2. The highest BCUT2D eigenvalue weighted by Gasteiger charge is 2.43. The molecule has 138 valence electrons. The number of carbonyl (C=O) groups excluding carboxylic acids is 2. The van der Waals surface area contributed by atoms with Crippen molar-refractivity contribution < 1.29 is 14.3 Å². The minimum atomic E-state index is -0.262. The topological polar surface area (TPSA) is 61.9 Å². The van der Waals surface area contributed by atoms with Crippen molar-refractivity contribution >= 4 is 29.9 Å². The van der Waals surface area contributed by atoms with Crippen LogP contribution in [0.25, 0.3) is 0 Å². The Morgan fingerprint density at radius 3 is 2.48 bits per heavy atom. The number of piperazine rings is 1. The number of amides is 2. The summed E-state index contributed by atoms with van der Waals surface area (Å²) >= 11 is 0. The predicted octanol–water partition coefficient (Wildman–Crippen LogP) is 1.68. The Morgan fingerprint density at radius 1 is 1.24 bits per heavy atom. The zero-order valence-electron chi connectivity index (χ0n) is 14.7. The quantitative estimate of drug-likeness (QED) is 0.879. The molecule has 25 heavy (non-hydrogen) atoms. The summed E-state index contributed by atoms with van der Waals surface area (Å²) in [5.41, 5.74) is 0.826. The molecule has 2 atom stereocenters. The molecule has 2 amide bonds. The van der Waals surface area contributed by atoms with Gasteiger partial charge >= 0.3 is 0 Å². The van der Waals surface area contributed by atoms with Gasteiger partial charge in [-0.15, -0.1) is 12.4 Å². The first-order valence-electron chi connectivity index (χ1n) is 8.66. The first-order valence-corrected chi connectivity index (χ1v) is 8.66. The fourth-order valence-electron chi connectivity index (χ4n) is 3.53. The van der Waals surface area contributed by atoms with E-state index in [1.807, 2.05) is 43.0 Å². The largest absolute Gasteiger partial charge is 0.494 e. The Morgan fingerprint density at radius 2 is 1.88 bits per heavy atom.